The van der Waals surface area contributed by atoms with E-state index >= 15 is 0 Å². The molecule has 5 heteroatoms. The third-order valence-corrected chi connectivity index (χ3v) is 5.03. The number of ether oxygens (including phenoxy) is 1. The minimum Gasteiger partial charge on any atom is -0.482 e. The molecule has 1 saturated heterocycles. The Balaban J connectivity index is 1.39. The molecule has 2 heterocycles. The fraction of sp³-hybridized carbons (Fsp3) is 0.350. The zero-order chi connectivity index (χ0) is 17.2. The highest BCUT2D eigenvalue weighted by Crippen LogP contribution is 2.32. The monoisotopic (exact) mass is 337 g/mol. The predicted molar refractivity (Wildman–Crippen MR) is 99.0 cm³/mol. The van der Waals surface area contributed by atoms with Crippen LogP contribution in [0.3, 0.4) is 0 Å². The van der Waals surface area contributed by atoms with Gasteiger partial charge in [0.2, 0.25) is 0 Å². The van der Waals surface area contributed by atoms with Crippen LogP contribution in [-0.4, -0.2) is 36.5 Å². The van der Waals surface area contributed by atoms with Crippen molar-refractivity contribution in [3.05, 3.63) is 54.1 Å². The van der Waals surface area contributed by atoms with Crippen LogP contribution < -0.4 is 15.4 Å². The van der Waals surface area contributed by atoms with Crippen LogP contribution in [0.5, 0.6) is 5.75 Å². The van der Waals surface area contributed by atoms with Gasteiger partial charge in [-0.25, -0.2) is 0 Å². The van der Waals surface area contributed by atoms with Crippen LogP contribution in [0.25, 0.3) is 0 Å². The van der Waals surface area contributed by atoms with E-state index in [4.69, 9.17) is 4.74 Å². The summed E-state index contributed by atoms with van der Waals surface area (Å²) in [7, 11) is 0. The summed E-state index contributed by atoms with van der Waals surface area (Å²) in [6.07, 6.45) is 1.12. The molecule has 25 heavy (non-hydrogen) atoms. The van der Waals surface area contributed by atoms with E-state index in [0.717, 1.165) is 36.6 Å². The maximum absolute atomic E-state index is 11.3. The first kappa shape index (κ1) is 16.0. The van der Waals surface area contributed by atoms with Gasteiger partial charge < -0.3 is 15.4 Å². The van der Waals surface area contributed by atoms with E-state index in [1.807, 2.05) is 18.2 Å². The highest BCUT2D eigenvalue weighted by Gasteiger charge is 2.27. The standard InChI is InChI=1S/C20H23N3O2/c1-14(15-5-3-2-4-6-15)23-10-9-17(12-23)21-16-7-8-18-19(11-16)25-13-20(24)22-18/h2-8,11,14,17,21H,9-10,12-13H2,1H3,(H,22,24). The molecule has 2 atom stereocenters. The summed E-state index contributed by atoms with van der Waals surface area (Å²) < 4.78 is 5.50. The Morgan fingerprint density at radius 3 is 2.92 bits per heavy atom. The van der Waals surface area contributed by atoms with Gasteiger partial charge in [-0.15, -0.1) is 0 Å². The van der Waals surface area contributed by atoms with E-state index in [9.17, 15) is 4.79 Å². The topological polar surface area (TPSA) is 53.6 Å². The molecule has 0 bridgehead atoms. The molecule has 130 valence electrons. The number of carbonyl (C=O) groups excluding carboxylic acids is 1. The third kappa shape index (κ3) is 3.46. The van der Waals surface area contributed by atoms with Gasteiger partial charge in [0.15, 0.2) is 6.61 Å². The van der Waals surface area contributed by atoms with Crippen molar-refractivity contribution in [1.29, 1.82) is 0 Å². The molecular formula is C20H23N3O2. The zero-order valence-corrected chi connectivity index (χ0v) is 14.4. The number of likely N-dealkylation sites (tertiary alicyclic amines) is 1. The Hall–Kier alpha value is -2.53. The minimum atomic E-state index is -0.102. The van der Waals surface area contributed by atoms with Gasteiger partial charge in [0.05, 0.1) is 5.69 Å². The molecule has 0 radical (unpaired) electrons. The van der Waals surface area contributed by atoms with Gasteiger partial charge in [0.1, 0.15) is 5.75 Å². The molecule has 5 nitrogen and oxygen atoms in total. The average Bonchev–Trinajstić information content (AvgIpc) is 3.10. The van der Waals surface area contributed by atoms with Gasteiger partial charge in [-0.2, -0.15) is 0 Å². The van der Waals surface area contributed by atoms with Gasteiger partial charge >= 0.3 is 0 Å². The average molecular weight is 337 g/mol. The van der Waals surface area contributed by atoms with Gasteiger partial charge in [-0.3, -0.25) is 9.69 Å². The number of amides is 1. The number of carbonyl (C=O) groups is 1. The largest absolute Gasteiger partial charge is 0.482 e. The number of benzene rings is 2. The lowest BCUT2D eigenvalue weighted by Crippen LogP contribution is -2.28. The Labute approximate surface area is 148 Å². The first-order chi connectivity index (χ1) is 12.2. The van der Waals surface area contributed by atoms with Crippen molar-refractivity contribution < 1.29 is 9.53 Å². The molecule has 2 N–H and O–H groups in total. The fourth-order valence-corrected chi connectivity index (χ4v) is 3.60. The van der Waals surface area contributed by atoms with E-state index in [0.29, 0.717) is 12.1 Å². The molecule has 2 unspecified atom stereocenters. The number of nitrogens with zero attached hydrogens (tertiary/aromatic N) is 1. The molecule has 1 amide bonds. The summed E-state index contributed by atoms with van der Waals surface area (Å²) in [5.41, 5.74) is 3.14. The van der Waals surface area contributed by atoms with Crippen LogP contribution in [-0.2, 0) is 4.79 Å². The van der Waals surface area contributed by atoms with Crippen LogP contribution >= 0.6 is 0 Å². The number of anilines is 2. The summed E-state index contributed by atoms with van der Waals surface area (Å²) in [6, 6.07) is 17.4. The molecule has 2 aromatic rings. The van der Waals surface area contributed by atoms with Crippen molar-refractivity contribution in [1.82, 2.24) is 4.90 Å². The number of fused-ring (bicyclic) bond motifs is 1. The summed E-state index contributed by atoms with van der Waals surface area (Å²) in [6.45, 7) is 4.46. The number of hydrogen-bond acceptors (Lipinski definition) is 4. The summed E-state index contributed by atoms with van der Waals surface area (Å²) in [4.78, 5) is 13.9. The first-order valence-corrected chi connectivity index (χ1v) is 8.81. The smallest absolute Gasteiger partial charge is 0.262 e. The molecule has 0 spiro atoms. The molecule has 0 saturated carbocycles. The summed E-state index contributed by atoms with van der Waals surface area (Å²) in [5.74, 6) is 0.631. The van der Waals surface area contributed by atoms with Crippen LogP contribution in [0.2, 0.25) is 0 Å². The van der Waals surface area contributed by atoms with Crippen molar-refractivity contribution in [2.24, 2.45) is 0 Å². The Bertz CT molecular complexity index is 763. The van der Waals surface area contributed by atoms with Gasteiger partial charge in [-0.1, -0.05) is 30.3 Å². The van der Waals surface area contributed by atoms with Crippen molar-refractivity contribution in [3.63, 3.8) is 0 Å². The molecule has 1 fully saturated rings. The maximum Gasteiger partial charge on any atom is 0.262 e. The molecule has 2 aliphatic rings. The van der Waals surface area contributed by atoms with E-state index in [-0.39, 0.29) is 12.5 Å². The number of rotatable bonds is 4. The van der Waals surface area contributed by atoms with Crippen LogP contribution in [0, 0.1) is 0 Å². The lowest BCUT2D eigenvalue weighted by atomic mass is 10.1. The zero-order valence-electron chi connectivity index (χ0n) is 14.4. The predicted octanol–water partition coefficient (Wildman–Crippen LogP) is 3.26. The molecule has 2 aliphatic heterocycles. The minimum absolute atomic E-state index is 0.0856. The normalized spacial score (nSPS) is 21.2. The SMILES string of the molecule is CC(c1ccccc1)N1CCC(Nc2ccc3c(c2)OCC(=O)N3)C1. The first-order valence-electron chi connectivity index (χ1n) is 8.81. The van der Waals surface area contributed by atoms with Crippen LogP contribution in [0.15, 0.2) is 48.5 Å². The highest BCUT2D eigenvalue weighted by atomic mass is 16.5. The Morgan fingerprint density at radius 2 is 2.08 bits per heavy atom. The maximum atomic E-state index is 11.3. The van der Waals surface area contributed by atoms with Crippen molar-refractivity contribution in [2.45, 2.75) is 25.4 Å². The second kappa shape index (κ2) is 6.76. The Kier molecular flexibility index (Phi) is 4.32. The van der Waals surface area contributed by atoms with Crippen molar-refractivity contribution >= 4 is 17.3 Å². The van der Waals surface area contributed by atoms with E-state index < -0.39 is 0 Å². The van der Waals surface area contributed by atoms with E-state index in [1.165, 1.54) is 5.56 Å². The number of nitrogens with one attached hydrogen (secondary N) is 2. The van der Waals surface area contributed by atoms with Crippen LogP contribution in [0.1, 0.15) is 24.9 Å². The lowest BCUT2D eigenvalue weighted by Gasteiger charge is -2.25. The molecule has 0 aromatic heterocycles. The van der Waals surface area contributed by atoms with Gasteiger partial charge in [-0.05, 0) is 31.0 Å². The Morgan fingerprint density at radius 1 is 1.24 bits per heavy atom. The molecule has 0 aliphatic carbocycles. The number of hydrogen-bond donors (Lipinski definition) is 2. The van der Waals surface area contributed by atoms with Crippen molar-refractivity contribution in [3.8, 4) is 5.75 Å². The van der Waals surface area contributed by atoms with E-state index in [1.54, 1.807) is 0 Å². The molecule has 4 rings (SSSR count). The van der Waals surface area contributed by atoms with Gasteiger partial charge in [0.25, 0.3) is 5.91 Å². The second-order valence-electron chi connectivity index (χ2n) is 6.76. The summed E-state index contributed by atoms with van der Waals surface area (Å²) in [5, 5.41) is 6.43. The van der Waals surface area contributed by atoms with Crippen LogP contribution in [0.4, 0.5) is 11.4 Å². The molecular weight excluding hydrogens is 314 g/mol. The van der Waals surface area contributed by atoms with Gasteiger partial charge in [0, 0.05) is 36.9 Å². The van der Waals surface area contributed by atoms with Crippen molar-refractivity contribution in [2.75, 3.05) is 30.3 Å². The van der Waals surface area contributed by atoms with E-state index in [2.05, 4.69) is 52.8 Å². The lowest BCUT2D eigenvalue weighted by molar-refractivity contribution is -0.118. The third-order valence-electron chi connectivity index (χ3n) is 5.03. The quantitative estimate of drug-likeness (QED) is 0.899. The second-order valence-corrected chi connectivity index (χ2v) is 6.76. The molecule has 2 aromatic carbocycles. The summed E-state index contributed by atoms with van der Waals surface area (Å²) >= 11 is 0. The highest BCUT2D eigenvalue weighted by molar-refractivity contribution is 5.95. The fourth-order valence-electron chi connectivity index (χ4n) is 3.60.